The molecular weight excluding hydrogens is 664 g/mol. The average molecular weight is 719 g/mol. The number of hydrogen-bond acceptors (Lipinski definition) is 9. The molecule has 0 aromatic heterocycles. The fourth-order valence-corrected chi connectivity index (χ4v) is 9.66. The van der Waals surface area contributed by atoms with E-state index in [0.29, 0.717) is 37.7 Å². The van der Waals surface area contributed by atoms with Gasteiger partial charge in [0.25, 0.3) is 0 Å². The van der Waals surface area contributed by atoms with Crippen LogP contribution in [0.5, 0.6) is 17.2 Å². The largest absolute Gasteiger partial charge is 0.511 e. The summed E-state index contributed by atoms with van der Waals surface area (Å²) in [6.45, 7) is 16.3. The van der Waals surface area contributed by atoms with Crippen molar-refractivity contribution in [3.05, 3.63) is 63.2 Å². The van der Waals surface area contributed by atoms with Gasteiger partial charge < -0.3 is 30.3 Å². The number of ketones is 3. The Morgan fingerprint density at radius 1 is 0.981 bits per heavy atom. The van der Waals surface area contributed by atoms with Crippen molar-refractivity contribution in [3.8, 4) is 17.2 Å². The second-order valence-electron chi connectivity index (χ2n) is 16.5. The number of aliphatic hydroxyl groups excluding tert-OH is 2. The molecule has 1 aromatic carbocycles. The maximum Gasteiger partial charge on any atom is 0.309 e. The number of aliphatic carboxylic acids is 1. The van der Waals surface area contributed by atoms with E-state index in [1.54, 1.807) is 0 Å². The first kappa shape index (κ1) is 38.9. The predicted molar refractivity (Wildman–Crippen MR) is 196 cm³/mol. The van der Waals surface area contributed by atoms with Crippen LogP contribution in [-0.4, -0.2) is 55.0 Å². The summed E-state index contributed by atoms with van der Waals surface area (Å²) >= 11 is 0. The van der Waals surface area contributed by atoms with E-state index in [1.807, 2.05) is 20.8 Å². The van der Waals surface area contributed by atoms with E-state index in [2.05, 4.69) is 19.6 Å². The van der Waals surface area contributed by atoms with Gasteiger partial charge in [-0.2, -0.15) is 0 Å². The summed E-state index contributed by atoms with van der Waals surface area (Å²) in [5, 5.41) is 55.7. The molecular formula is C42H54O10. The highest BCUT2D eigenvalue weighted by molar-refractivity contribution is 6.23. The minimum atomic E-state index is -1.56. The molecule has 0 spiro atoms. The highest BCUT2D eigenvalue weighted by Gasteiger charge is 2.57. The number of phenolic OH excluding ortho intramolecular Hbond substituents is 2. The smallest absolute Gasteiger partial charge is 0.309 e. The highest BCUT2D eigenvalue weighted by atomic mass is 16.5. The SMILES string of the molecule is C=C1CC[C@H]2[C@@](C)(CCC[C@]2(C)C(=O)O)[C@@H]1C/C=C(\C)[C@@H]1CCc2c(O)c(CC3=C(O)C(C)(C)C(=O)C(C(C)=O)=C3O)c(O)c(C(=O)CCC)c2O1. The summed E-state index contributed by atoms with van der Waals surface area (Å²) in [6, 6.07) is 0. The Labute approximate surface area is 306 Å². The van der Waals surface area contributed by atoms with Crippen molar-refractivity contribution in [1.29, 1.82) is 0 Å². The molecule has 2 saturated carbocycles. The van der Waals surface area contributed by atoms with Gasteiger partial charge in [0.15, 0.2) is 17.3 Å². The fourth-order valence-electron chi connectivity index (χ4n) is 9.66. The number of carboxylic acids is 1. The summed E-state index contributed by atoms with van der Waals surface area (Å²) in [7, 11) is 0. The number of Topliss-reactive ketones (excluding diaryl/α,β-unsaturated/α-hetero) is 3. The Kier molecular flexibility index (Phi) is 10.4. The summed E-state index contributed by atoms with van der Waals surface area (Å²) in [6.07, 6.45) is 7.19. The molecule has 0 radical (unpaired) electrons. The minimum Gasteiger partial charge on any atom is -0.511 e. The fraction of sp³-hybridized carbons (Fsp3) is 0.571. The molecule has 4 aliphatic rings. The Morgan fingerprint density at radius 2 is 1.65 bits per heavy atom. The van der Waals surface area contributed by atoms with Crippen LogP contribution in [0.4, 0.5) is 0 Å². The van der Waals surface area contributed by atoms with Gasteiger partial charge >= 0.3 is 5.97 Å². The van der Waals surface area contributed by atoms with Crippen LogP contribution >= 0.6 is 0 Å². The molecule has 0 unspecified atom stereocenters. The van der Waals surface area contributed by atoms with Crippen LogP contribution in [0.3, 0.4) is 0 Å². The molecule has 5 atom stereocenters. The highest BCUT2D eigenvalue weighted by Crippen LogP contribution is 2.62. The quantitative estimate of drug-likeness (QED) is 0.0897. The molecule has 2 fully saturated rings. The molecule has 1 heterocycles. The van der Waals surface area contributed by atoms with Gasteiger partial charge in [-0.3, -0.25) is 19.2 Å². The number of benzene rings is 1. The van der Waals surface area contributed by atoms with Crippen molar-refractivity contribution in [2.45, 2.75) is 125 Å². The zero-order valence-corrected chi connectivity index (χ0v) is 31.6. The number of carboxylic acid groups (broad SMARTS) is 1. The molecule has 1 aromatic rings. The number of allylic oxidation sites excluding steroid dienone is 5. The van der Waals surface area contributed by atoms with Gasteiger partial charge in [-0.25, -0.2) is 0 Å². The van der Waals surface area contributed by atoms with Gasteiger partial charge in [0, 0.05) is 29.5 Å². The second kappa shape index (κ2) is 13.9. The zero-order valence-electron chi connectivity index (χ0n) is 31.6. The monoisotopic (exact) mass is 718 g/mol. The first-order chi connectivity index (χ1) is 24.2. The van der Waals surface area contributed by atoms with E-state index >= 15 is 0 Å². The van der Waals surface area contributed by atoms with Gasteiger partial charge in [-0.1, -0.05) is 38.5 Å². The van der Waals surface area contributed by atoms with E-state index in [0.717, 1.165) is 43.8 Å². The number of aliphatic hydroxyl groups is 2. The molecule has 5 rings (SSSR count). The minimum absolute atomic E-state index is 0.0323. The molecule has 0 bridgehead atoms. The second-order valence-corrected chi connectivity index (χ2v) is 16.5. The van der Waals surface area contributed by atoms with Crippen LogP contribution in [-0.2, 0) is 27.2 Å². The van der Waals surface area contributed by atoms with Crippen LogP contribution in [0.15, 0.2) is 46.5 Å². The lowest BCUT2D eigenvalue weighted by Gasteiger charge is -2.57. The topological polar surface area (TPSA) is 179 Å². The van der Waals surface area contributed by atoms with E-state index in [1.165, 1.54) is 13.8 Å². The van der Waals surface area contributed by atoms with Gasteiger partial charge in [0.05, 0.1) is 10.8 Å². The van der Waals surface area contributed by atoms with Crippen molar-refractivity contribution < 1.29 is 49.4 Å². The van der Waals surface area contributed by atoms with Crippen LogP contribution in [0.1, 0.15) is 128 Å². The van der Waals surface area contributed by atoms with E-state index in [9.17, 15) is 44.7 Å². The summed E-state index contributed by atoms with van der Waals surface area (Å²) in [5.41, 5.74) is -1.12. The number of aromatic hydroxyl groups is 2. The molecule has 0 amide bonds. The number of phenols is 2. The van der Waals surface area contributed by atoms with Crippen LogP contribution in [0, 0.1) is 28.1 Å². The van der Waals surface area contributed by atoms with Crippen molar-refractivity contribution in [2.24, 2.45) is 28.1 Å². The number of carbonyl (C=O) groups is 4. The molecule has 10 nitrogen and oxygen atoms in total. The van der Waals surface area contributed by atoms with Gasteiger partial charge in [-0.15, -0.1) is 0 Å². The molecule has 282 valence electrons. The summed E-state index contributed by atoms with van der Waals surface area (Å²) < 4.78 is 6.48. The third-order valence-corrected chi connectivity index (χ3v) is 12.9. The lowest BCUT2D eigenvalue weighted by Crippen LogP contribution is -2.53. The molecule has 0 saturated heterocycles. The van der Waals surface area contributed by atoms with Crippen molar-refractivity contribution in [1.82, 2.24) is 0 Å². The van der Waals surface area contributed by atoms with E-state index in [-0.39, 0.29) is 51.9 Å². The number of carbonyl (C=O) groups excluding carboxylic acids is 3. The van der Waals surface area contributed by atoms with Crippen LogP contribution < -0.4 is 4.74 Å². The number of rotatable bonds is 10. The van der Waals surface area contributed by atoms with E-state index in [4.69, 9.17) is 4.74 Å². The first-order valence-corrected chi connectivity index (χ1v) is 18.5. The molecule has 10 heteroatoms. The van der Waals surface area contributed by atoms with Crippen molar-refractivity contribution >= 4 is 23.3 Å². The van der Waals surface area contributed by atoms with Crippen molar-refractivity contribution in [3.63, 3.8) is 0 Å². The number of ether oxygens (including phenoxy) is 1. The van der Waals surface area contributed by atoms with Crippen molar-refractivity contribution in [2.75, 3.05) is 0 Å². The maximum absolute atomic E-state index is 13.6. The van der Waals surface area contributed by atoms with Gasteiger partial charge in [0.2, 0.25) is 0 Å². The normalized spacial score (nSPS) is 29.0. The Balaban J connectivity index is 1.50. The summed E-state index contributed by atoms with van der Waals surface area (Å²) in [5.74, 6) is -4.53. The average Bonchev–Trinajstić information content (AvgIpc) is 3.06. The predicted octanol–water partition coefficient (Wildman–Crippen LogP) is 8.34. The number of hydrogen-bond donors (Lipinski definition) is 5. The Bertz CT molecular complexity index is 1840. The van der Waals surface area contributed by atoms with E-state index < -0.39 is 69.5 Å². The standard InChI is InChI=1S/C42H54O10/c1-9-11-28(44)32-34(46)25(20-26-35(47)31(23(4)43)38(49)40(5,6)37(26)48)33(45)24-14-16-29(52-36(24)32)22(3)12-15-27-21(2)13-17-30-41(27,7)18-10-19-42(30,8)39(50)51/h12,27,29-30,45-48H,2,9-11,13-20H2,1,3-8H3,(H,50,51)/b22-12+/t27-,29+,30+,41+,42+/m1/s1. The maximum atomic E-state index is 13.6. The lowest BCUT2D eigenvalue weighted by molar-refractivity contribution is -0.164. The lowest BCUT2D eigenvalue weighted by atomic mass is 9.46. The molecule has 52 heavy (non-hydrogen) atoms. The van der Waals surface area contributed by atoms with Gasteiger partial charge in [-0.05, 0) is 109 Å². The Hall–Kier alpha value is -4.34. The van der Waals surface area contributed by atoms with Gasteiger partial charge in [0.1, 0.15) is 46.0 Å². The molecule has 3 aliphatic carbocycles. The molecule has 1 aliphatic heterocycles. The third-order valence-electron chi connectivity index (χ3n) is 12.9. The Morgan fingerprint density at radius 3 is 2.27 bits per heavy atom. The third kappa shape index (κ3) is 6.15. The molecule has 5 N–H and O–H groups in total. The number of fused-ring (bicyclic) bond motifs is 2. The summed E-state index contributed by atoms with van der Waals surface area (Å²) in [4.78, 5) is 51.5. The van der Waals surface area contributed by atoms with Crippen LogP contribution in [0.25, 0.3) is 0 Å². The zero-order chi connectivity index (χ0) is 38.7. The first-order valence-electron chi connectivity index (χ1n) is 18.5. The van der Waals surface area contributed by atoms with Crippen LogP contribution in [0.2, 0.25) is 0 Å².